The Kier molecular flexibility index (Phi) is 6.61. The summed E-state index contributed by atoms with van der Waals surface area (Å²) in [5.41, 5.74) is 11.1. The minimum Gasteiger partial charge on any atom is -0.368 e. The van der Waals surface area contributed by atoms with Gasteiger partial charge >= 0.3 is 0 Å². The summed E-state index contributed by atoms with van der Waals surface area (Å²) in [6.45, 7) is 2.90. The van der Waals surface area contributed by atoms with Crippen LogP contribution in [0.15, 0.2) is 18.2 Å². The molecule has 0 spiro atoms. The fraction of sp³-hybridized carbons (Fsp3) is 0.429. The first-order valence-corrected chi connectivity index (χ1v) is 6.74. The molecule has 21 heavy (non-hydrogen) atoms. The zero-order valence-electron chi connectivity index (χ0n) is 12.1. The van der Waals surface area contributed by atoms with Gasteiger partial charge in [-0.25, -0.2) is 4.39 Å². The minimum absolute atomic E-state index is 0.131. The number of nitrogens with two attached hydrogens (primary N) is 2. The molecular formula is C14H21FN4O2. The third kappa shape index (κ3) is 5.78. The summed E-state index contributed by atoms with van der Waals surface area (Å²) in [7, 11) is 0. The molecule has 0 bridgehead atoms. The molecule has 2 amide bonds. The molecule has 0 saturated carbocycles. The van der Waals surface area contributed by atoms with E-state index in [0.29, 0.717) is 6.54 Å². The molecule has 0 saturated heterocycles. The second-order valence-corrected chi connectivity index (χ2v) is 4.75. The number of primary amides is 2. The molecule has 7 heteroatoms. The molecule has 6 nitrogen and oxygen atoms in total. The molecule has 0 aliphatic rings. The Labute approximate surface area is 123 Å². The molecule has 5 N–H and O–H groups in total. The highest BCUT2D eigenvalue weighted by atomic mass is 19.1. The highest BCUT2D eigenvalue weighted by Gasteiger charge is 2.16. The van der Waals surface area contributed by atoms with Gasteiger partial charge in [-0.15, -0.1) is 0 Å². The fourth-order valence-electron chi connectivity index (χ4n) is 1.93. The van der Waals surface area contributed by atoms with Crippen molar-refractivity contribution in [3.63, 3.8) is 0 Å². The van der Waals surface area contributed by atoms with Gasteiger partial charge in [0.25, 0.3) is 0 Å². The van der Waals surface area contributed by atoms with Crippen LogP contribution in [0.4, 0.5) is 10.1 Å². The first-order chi connectivity index (χ1) is 9.93. The highest BCUT2D eigenvalue weighted by molar-refractivity contribution is 5.84. The summed E-state index contributed by atoms with van der Waals surface area (Å²) in [6.07, 6.45) is 0.992. The van der Waals surface area contributed by atoms with Crippen LogP contribution in [-0.2, 0) is 16.1 Å². The summed E-state index contributed by atoms with van der Waals surface area (Å²) in [5, 5.41) is 3.16. The second-order valence-electron chi connectivity index (χ2n) is 4.75. The minimum atomic E-state index is -0.663. The molecule has 116 valence electrons. The van der Waals surface area contributed by atoms with Crippen LogP contribution in [0, 0.1) is 5.82 Å². The number of nitrogens with one attached hydrogen (secondary N) is 1. The predicted molar refractivity (Wildman–Crippen MR) is 79.0 cm³/mol. The van der Waals surface area contributed by atoms with E-state index in [1.165, 1.54) is 17.0 Å². The van der Waals surface area contributed by atoms with Gasteiger partial charge in [-0.1, -0.05) is 13.0 Å². The Bertz CT molecular complexity index is 492. The van der Waals surface area contributed by atoms with Crippen molar-refractivity contribution < 1.29 is 14.0 Å². The van der Waals surface area contributed by atoms with Crippen molar-refractivity contribution in [3.05, 3.63) is 29.6 Å². The van der Waals surface area contributed by atoms with Crippen LogP contribution in [0.3, 0.4) is 0 Å². The number of amides is 2. The van der Waals surface area contributed by atoms with Crippen LogP contribution in [0.2, 0.25) is 0 Å². The Hall–Kier alpha value is -2.15. The summed E-state index contributed by atoms with van der Waals surface area (Å²) in [4.78, 5) is 23.3. The van der Waals surface area contributed by atoms with E-state index >= 15 is 0 Å². The number of rotatable bonds is 9. The molecule has 0 fully saturated rings. The van der Waals surface area contributed by atoms with Gasteiger partial charge < -0.3 is 21.7 Å². The Balaban J connectivity index is 2.88. The summed E-state index contributed by atoms with van der Waals surface area (Å²) in [5.74, 6) is -1.85. The largest absolute Gasteiger partial charge is 0.368 e. The number of benzene rings is 1. The molecule has 1 rings (SSSR count). The molecule has 0 aliphatic heterocycles. The first kappa shape index (κ1) is 16.9. The lowest BCUT2D eigenvalue weighted by molar-refractivity contribution is -0.117. The van der Waals surface area contributed by atoms with Gasteiger partial charge in [0.2, 0.25) is 11.8 Å². The Morgan fingerprint density at radius 2 is 1.86 bits per heavy atom. The number of hydrogen-bond donors (Lipinski definition) is 3. The third-order valence-corrected chi connectivity index (χ3v) is 2.80. The van der Waals surface area contributed by atoms with Crippen LogP contribution in [0.5, 0.6) is 0 Å². The van der Waals surface area contributed by atoms with Crippen LogP contribution in [-0.4, -0.2) is 31.4 Å². The van der Waals surface area contributed by atoms with Gasteiger partial charge in [-0.05, 0) is 30.7 Å². The van der Waals surface area contributed by atoms with E-state index in [2.05, 4.69) is 5.32 Å². The number of nitrogens with zero attached hydrogens (tertiary/aromatic N) is 1. The molecule has 1 aromatic rings. The summed E-state index contributed by atoms with van der Waals surface area (Å²) < 4.78 is 14.1. The lowest BCUT2D eigenvalue weighted by Gasteiger charge is -2.22. The van der Waals surface area contributed by atoms with Crippen molar-refractivity contribution >= 4 is 17.5 Å². The van der Waals surface area contributed by atoms with Gasteiger partial charge in [0.05, 0.1) is 18.8 Å². The zero-order valence-corrected chi connectivity index (χ0v) is 12.1. The third-order valence-electron chi connectivity index (χ3n) is 2.80. The zero-order chi connectivity index (χ0) is 15.8. The average Bonchev–Trinajstić information content (AvgIpc) is 2.37. The molecule has 0 heterocycles. The maximum Gasteiger partial charge on any atom is 0.236 e. The van der Waals surface area contributed by atoms with Gasteiger partial charge in [0, 0.05) is 6.54 Å². The lowest BCUT2D eigenvalue weighted by atomic mass is 10.1. The monoisotopic (exact) mass is 296 g/mol. The van der Waals surface area contributed by atoms with Gasteiger partial charge in [0.15, 0.2) is 0 Å². The quantitative estimate of drug-likeness (QED) is 0.563. The Morgan fingerprint density at radius 3 is 2.33 bits per heavy atom. The van der Waals surface area contributed by atoms with Crippen LogP contribution >= 0.6 is 0 Å². The maximum atomic E-state index is 14.1. The molecule has 0 aliphatic carbocycles. The van der Waals surface area contributed by atoms with Crippen LogP contribution in [0.25, 0.3) is 0 Å². The van der Waals surface area contributed by atoms with E-state index in [-0.39, 0.29) is 18.8 Å². The highest BCUT2D eigenvalue weighted by Crippen LogP contribution is 2.20. The predicted octanol–water partition coefficient (Wildman–Crippen LogP) is 0.102. The fourth-order valence-corrected chi connectivity index (χ4v) is 1.93. The topological polar surface area (TPSA) is 101 Å². The second kappa shape index (κ2) is 8.21. The van der Waals surface area contributed by atoms with Gasteiger partial charge in [-0.3, -0.25) is 9.59 Å². The van der Waals surface area contributed by atoms with Gasteiger partial charge in [0.1, 0.15) is 5.82 Å². The van der Waals surface area contributed by atoms with Crippen molar-refractivity contribution in [1.82, 2.24) is 5.32 Å². The Morgan fingerprint density at radius 1 is 1.24 bits per heavy atom. The van der Waals surface area contributed by atoms with E-state index in [4.69, 9.17) is 11.5 Å². The maximum absolute atomic E-state index is 14.1. The normalized spacial score (nSPS) is 10.4. The number of carbonyl (C=O) groups excluding carboxylic acids is 2. The average molecular weight is 296 g/mol. The molecule has 0 aromatic heterocycles. The van der Waals surface area contributed by atoms with Gasteiger partial charge in [-0.2, -0.15) is 0 Å². The van der Waals surface area contributed by atoms with E-state index in [1.807, 2.05) is 6.92 Å². The molecule has 0 atom stereocenters. The molecule has 0 unspecified atom stereocenters. The molecule has 1 aromatic carbocycles. The van der Waals surface area contributed by atoms with E-state index in [9.17, 15) is 14.0 Å². The SMILES string of the molecule is CCCNCc1ccc(N(CC(N)=O)CC(N)=O)c(F)c1. The van der Waals surface area contributed by atoms with Crippen molar-refractivity contribution in [2.75, 3.05) is 24.5 Å². The van der Waals surface area contributed by atoms with Crippen molar-refractivity contribution in [3.8, 4) is 0 Å². The number of hydrogen-bond acceptors (Lipinski definition) is 4. The summed E-state index contributed by atoms with van der Waals surface area (Å²) >= 11 is 0. The smallest absolute Gasteiger partial charge is 0.236 e. The summed E-state index contributed by atoms with van der Waals surface area (Å²) in [6, 6.07) is 4.62. The van der Waals surface area contributed by atoms with E-state index in [1.54, 1.807) is 6.07 Å². The van der Waals surface area contributed by atoms with Crippen molar-refractivity contribution in [2.24, 2.45) is 11.5 Å². The molecule has 0 radical (unpaired) electrons. The first-order valence-electron chi connectivity index (χ1n) is 6.74. The lowest BCUT2D eigenvalue weighted by Crippen LogP contribution is -2.40. The molecular weight excluding hydrogens is 275 g/mol. The number of halogens is 1. The van der Waals surface area contributed by atoms with E-state index < -0.39 is 17.6 Å². The van der Waals surface area contributed by atoms with E-state index in [0.717, 1.165) is 18.5 Å². The number of anilines is 1. The van der Waals surface area contributed by atoms with Crippen molar-refractivity contribution in [1.29, 1.82) is 0 Å². The van der Waals surface area contributed by atoms with Crippen LogP contribution < -0.4 is 21.7 Å². The van der Waals surface area contributed by atoms with Crippen LogP contribution in [0.1, 0.15) is 18.9 Å². The standard InChI is InChI=1S/C14H21FN4O2/c1-2-5-18-7-10-3-4-12(11(15)6-10)19(8-13(16)20)9-14(17)21/h3-4,6,18H,2,5,7-9H2,1H3,(H2,16,20)(H2,17,21). The van der Waals surface area contributed by atoms with Crippen molar-refractivity contribution in [2.45, 2.75) is 19.9 Å². The number of carbonyl (C=O) groups is 2.